The van der Waals surface area contributed by atoms with Gasteiger partial charge < -0.3 is 33.5 Å². The van der Waals surface area contributed by atoms with Gasteiger partial charge in [-0.1, -0.05) is 188 Å². The molecule has 0 bridgehead atoms. The van der Waals surface area contributed by atoms with Gasteiger partial charge in [-0.15, -0.1) is 0 Å². The molecule has 0 heterocycles. The molecule has 454 valence electrons. The third kappa shape index (κ3) is 24.3. The number of carbonyl (C=O) groups is 1. The van der Waals surface area contributed by atoms with Crippen LogP contribution in [0.2, 0.25) is 0 Å². The van der Waals surface area contributed by atoms with Gasteiger partial charge in [0.1, 0.15) is 17.2 Å². The Hall–Kier alpha value is -8.72. The Bertz CT molecular complexity index is 3050. The van der Waals surface area contributed by atoms with Crippen molar-refractivity contribution < 1.29 is 38.3 Å². The van der Waals surface area contributed by atoms with Gasteiger partial charge in [-0.3, -0.25) is 0 Å². The average molecular weight is 1170 g/mol. The van der Waals surface area contributed by atoms with Crippen molar-refractivity contribution in [2.24, 2.45) is 0 Å². The molecule has 0 radical (unpaired) electrons. The molecule has 0 aliphatic rings. The Morgan fingerprint density at radius 2 is 0.494 bits per heavy atom. The molecule has 7 aromatic rings. The molecule has 7 rings (SSSR count). The summed E-state index contributed by atoms with van der Waals surface area (Å²) in [5.74, 6) is 2.94. The van der Waals surface area contributed by atoms with E-state index in [1.54, 1.807) is 12.1 Å². The largest absolute Gasteiger partial charge is 0.494 e. The lowest BCUT2D eigenvalue weighted by atomic mass is 10.0. The van der Waals surface area contributed by atoms with Crippen LogP contribution < -0.4 is 28.4 Å². The SMILES string of the molecule is N#Cc1ccc(-c2ccc(OCCCCCCCCCCOc3cc(C(=O)O)cc(OCCCCCCCCCCOc4ccc(-c5ccc(C#N)cc5)cc4)c3OCCCCCCCCCCOc3ccc(-c4ccc(C#N)cc4)cc3)cc2)cc1. The number of rotatable bonds is 43. The minimum absolute atomic E-state index is 0.125. The molecule has 7 aromatic carbocycles. The smallest absolute Gasteiger partial charge is 0.335 e. The van der Waals surface area contributed by atoms with Crippen molar-refractivity contribution in [3.05, 3.63) is 180 Å². The number of carboxylic acid groups (broad SMARTS) is 1. The summed E-state index contributed by atoms with van der Waals surface area (Å²) >= 11 is 0. The van der Waals surface area contributed by atoms with Crippen LogP contribution in [-0.4, -0.2) is 50.7 Å². The Morgan fingerprint density at radius 1 is 0.287 bits per heavy atom. The number of carboxylic acids is 1. The summed E-state index contributed by atoms with van der Waals surface area (Å²) in [6.07, 6.45) is 25.9. The van der Waals surface area contributed by atoms with Gasteiger partial charge in [0, 0.05) is 0 Å². The van der Waals surface area contributed by atoms with Gasteiger partial charge in [-0.25, -0.2) is 4.79 Å². The molecule has 11 heteroatoms. The summed E-state index contributed by atoms with van der Waals surface area (Å²) in [6.45, 7) is 3.50. The van der Waals surface area contributed by atoms with E-state index in [1.807, 2.05) is 109 Å². The molecule has 87 heavy (non-hydrogen) atoms. The minimum atomic E-state index is -1.03. The van der Waals surface area contributed by atoms with Gasteiger partial charge in [0.05, 0.1) is 80.1 Å². The van der Waals surface area contributed by atoms with Crippen molar-refractivity contribution >= 4 is 5.97 Å². The van der Waals surface area contributed by atoms with Crippen LogP contribution >= 0.6 is 0 Å². The molecule has 0 fully saturated rings. The molecule has 0 amide bonds. The third-order valence-electron chi connectivity index (χ3n) is 15.6. The zero-order chi connectivity index (χ0) is 60.8. The standard InChI is InChI=1S/C76H87N3O8/c77-57-60-25-31-63(32-26-60)66-37-43-70(44-38-66)82-49-19-13-7-1-4-10-16-22-52-85-73-55-69(76(80)81)56-74(86-53-23-17-11-5-2-8-14-20-50-83-71-45-39-67(40-46-71)64-33-27-61(58-78)28-34-64)75(73)87-54-24-18-12-6-3-9-15-21-51-84-72-47-41-68(42-48-72)65-35-29-62(59-79)30-36-65/h25-48,55-56H,1-24,49-54H2,(H,80,81). The minimum Gasteiger partial charge on any atom is -0.494 e. The average Bonchev–Trinajstić information content (AvgIpc) is 3.76. The highest BCUT2D eigenvalue weighted by atomic mass is 16.5. The number of hydrogen-bond acceptors (Lipinski definition) is 10. The van der Waals surface area contributed by atoms with Crippen LogP contribution in [0.15, 0.2) is 158 Å². The topological polar surface area (TPSA) is 164 Å². The number of nitriles is 3. The zero-order valence-corrected chi connectivity index (χ0v) is 50.9. The van der Waals surface area contributed by atoms with Gasteiger partial charge in [0.25, 0.3) is 0 Å². The van der Waals surface area contributed by atoms with Gasteiger partial charge >= 0.3 is 5.97 Å². The lowest BCUT2D eigenvalue weighted by Gasteiger charge is -2.18. The van der Waals surface area contributed by atoms with Crippen molar-refractivity contribution in [1.82, 2.24) is 0 Å². The molecule has 1 N–H and O–H groups in total. The molecule has 11 nitrogen and oxygen atoms in total. The van der Waals surface area contributed by atoms with E-state index in [-0.39, 0.29) is 5.56 Å². The fraction of sp³-hybridized carbons (Fsp3) is 0.395. The first-order valence-electron chi connectivity index (χ1n) is 31.9. The van der Waals surface area contributed by atoms with E-state index in [1.165, 1.54) is 38.5 Å². The van der Waals surface area contributed by atoms with E-state index < -0.39 is 5.97 Å². The molecule has 0 aromatic heterocycles. The molecule has 0 spiro atoms. The van der Waals surface area contributed by atoms with Crippen LogP contribution in [0.5, 0.6) is 34.5 Å². The summed E-state index contributed by atoms with van der Waals surface area (Å²) in [6, 6.07) is 56.9. The number of benzene rings is 7. The maximum atomic E-state index is 12.4. The van der Waals surface area contributed by atoms with Crippen LogP contribution in [0, 0.1) is 34.0 Å². The number of aromatic carboxylic acids is 1. The third-order valence-corrected chi connectivity index (χ3v) is 15.6. The Morgan fingerprint density at radius 3 is 0.724 bits per heavy atom. The van der Waals surface area contributed by atoms with E-state index in [9.17, 15) is 9.90 Å². The zero-order valence-electron chi connectivity index (χ0n) is 50.9. The van der Waals surface area contributed by atoms with Gasteiger partial charge in [0.2, 0.25) is 5.75 Å². The van der Waals surface area contributed by atoms with Crippen LogP contribution in [0.3, 0.4) is 0 Å². The van der Waals surface area contributed by atoms with Crippen molar-refractivity contribution in [2.75, 3.05) is 39.6 Å². The predicted molar refractivity (Wildman–Crippen MR) is 347 cm³/mol. The number of unbranched alkanes of at least 4 members (excludes halogenated alkanes) is 21. The summed E-state index contributed by atoms with van der Waals surface area (Å²) in [5, 5.41) is 37.4. The number of hydrogen-bond donors (Lipinski definition) is 1. The molecule has 0 aliphatic heterocycles. The fourth-order valence-electron chi connectivity index (χ4n) is 10.4. The first-order valence-corrected chi connectivity index (χ1v) is 31.9. The molecule has 0 saturated carbocycles. The highest BCUT2D eigenvalue weighted by molar-refractivity contribution is 5.89. The summed E-state index contributed by atoms with van der Waals surface area (Å²) < 4.78 is 37.2. The molecule has 0 unspecified atom stereocenters. The van der Waals surface area contributed by atoms with Crippen molar-refractivity contribution in [2.45, 2.75) is 154 Å². The molecular formula is C76H87N3O8. The quantitative estimate of drug-likeness (QED) is 0.0362. The Labute approximate surface area is 517 Å². The van der Waals surface area contributed by atoms with Gasteiger partial charge in [-0.2, -0.15) is 15.8 Å². The lowest BCUT2D eigenvalue weighted by molar-refractivity contribution is 0.0695. The van der Waals surface area contributed by atoms with E-state index in [2.05, 4.69) is 54.6 Å². The lowest BCUT2D eigenvalue weighted by Crippen LogP contribution is -2.08. The van der Waals surface area contributed by atoms with Crippen LogP contribution in [0.4, 0.5) is 0 Å². The Kier molecular flexibility index (Phi) is 29.6. The monoisotopic (exact) mass is 1170 g/mol. The molecule has 0 aliphatic carbocycles. The van der Waals surface area contributed by atoms with Crippen LogP contribution in [0.25, 0.3) is 33.4 Å². The maximum absolute atomic E-state index is 12.4. The van der Waals surface area contributed by atoms with E-state index in [0.29, 0.717) is 73.6 Å². The predicted octanol–water partition coefficient (Wildman–Crippen LogP) is 19.7. The summed E-state index contributed by atoms with van der Waals surface area (Å²) in [4.78, 5) is 12.4. The molecule has 0 saturated heterocycles. The number of ether oxygens (including phenoxy) is 6. The van der Waals surface area contributed by atoms with E-state index >= 15 is 0 Å². The second-order valence-electron chi connectivity index (χ2n) is 22.3. The first-order chi connectivity index (χ1) is 42.9. The highest BCUT2D eigenvalue weighted by Gasteiger charge is 2.19. The van der Waals surface area contributed by atoms with Crippen molar-refractivity contribution in [3.63, 3.8) is 0 Å². The first kappa shape index (κ1) is 65.8. The second kappa shape index (κ2) is 39.1. The van der Waals surface area contributed by atoms with Crippen molar-refractivity contribution in [1.29, 1.82) is 15.8 Å². The summed E-state index contributed by atoms with van der Waals surface area (Å²) in [5.41, 5.74) is 8.60. The van der Waals surface area contributed by atoms with E-state index in [0.717, 1.165) is 166 Å². The Balaban J connectivity index is 0.767. The van der Waals surface area contributed by atoms with E-state index in [4.69, 9.17) is 44.2 Å². The van der Waals surface area contributed by atoms with Crippen LogP contribution in [-0.2, 0) is 0 Å². The molecule has 0 atom stereocenters. The highest BCUT2D eigenvalue weighted by Crippen LogP contribution is 2.40. The number of nitrogens with zero attached hydrogens (tertiary/aromatic N) is 3. The van der Waals surface area contributed by atoms with Crippen molar-refractivity contribution in [3.8, 4) is 86.1 Å². The van der Waals surface area contributed by atoms with Gasteiger partial charge in [0.15, 0.2) is 11.5 Å². The van der Waals surface area contributed by atoms with Crippen LogP contribution in [0.1, 0.15) is 181 Å². The molecular weight excluding hydrogens is 1080 g/mol. The normalized spacial score (nSPS) is 10.8. The fourth-order valence-corrected chi connectivity index (χ4v) is 10.4. The maximum Gasteiger partial charge on any atom is 0.335 e. The second-order valence-corrected chi connectivity index (χ2v) is 22.3. The van der Waals surface area contributed by atoms with Gasteiger partial charge in [-0.05, 0) is 157 Å². The summed E-state index contributed by atoms with van der Waals surface area (Å²) in [7, 11) is 0.